The molecule has 0 saturated heterocycles. The zero-order valence-electron chi connectivity index (χ0n) is 8.37. The van der Waals surface area contributed by atoms with Gasteiger partial charge in [0.15, 0.2) is 0 Å². The second-order valence-corrected chi connectivity index (χ2v) is 6.11. The number of thiophene rings is 1. The summed E-state index contributed by atoms with van der Waals surface area (Å²) in [5.41, 5.74) is 1.34. The van der Waals surface area contributed by atoms with Crippen molar-refractivity contribution in [2.75, 3.05) is 7.05 Å². The lowest BCUT2D eigenvalue weighted by Crippen LogP contribution is -2.17. The van der Waals surface area contributed by atoms with Gasteiger partial charge in [-0.1, -0.05) is 0 Å². The summed E-state index contributed by atoms with van der Waals surface area (Å²) in [6, 6.07) is 6.51. The van der Waals surface area contributed by atoms with Gasteiger partial charge in [0.05, 0.1) is 9.15 Å². The van der Waals surface area contributed by atoms with Gasteiger partial charge in [0.2, 0.25) is 0 Å². The normalized spacial score (nSPS) is 12.9. The molecule has 80 valence electrons. The molecule has 0 aliphatic heterocycles. The average Bonchev–Trinajstić information content (AvgIpc) is 2.85. The third kappa shape index (κ3) is 2.83. The van der Waals surface area contributed by atoms with Crippen molar-refractivity contribution in [1.29, 1.82) is 0 Å². The van der Waals surface area contributed by atoms with Crippen LogP contribution in [0.25, 0.3) is 0 Å². The van der Waals surface area contributed by atoms with E-state index < -0.39 is 0 Å². The van der Waals surface area contributed by atoms with E-state index in [1.54, 1.807) is 17.6 Å². The maximum absolute atomic E-state index is 5.36. The predicted octanol–water partition coefficient (Wildman–Crippen LogP) is 3.45. The quantitative estimate of drug-likeness (QED) is 0.867. The van der Waals surface area contributed by atoms with E-state index in [1.165, 1.54) is 8.45 Å². The van der Waals surface area contributed by atoms with Crippen LogP contribution in [-0.2, 0) is 6.42 Å². The van der Waals surface area contributed by atoms with E-state index in [0.29, 0.717) is 6.04 Å². The van der Waals surface area contributed by atoms with Gasteiger partial charge in [-0.25, -0.2) is 0 Å². The third-order valence-corrected chi connectivity index (χ3v) is 4.13. The first-order valence-electron chi connectivity index (χ1n) is 4.73. The molecule has 15 heavy (non-hydrogen) atoms. The number of hydrogen-bond donors (Lipinski definition) is 1. The highest BCUT2D eigenvalue weighted by molar-refractivity contribution is 14.1. The summed E-state index contributed by atoms with van der Waals surface area (Å²) in [5, 5.41) is 5.51. The minimum absolute atomic E-state index is 0.343. The Balaban J connectivity index is 2.11. The molecule has 4 heteroatoms. The molecule has 0 fully saturated rings. The van der Waals surface area contributed by atoms with Gasteiger partial charge in [0.1, 0.15) is 5.76 Å². The maximum Gasteiger partial charge on any atom is 0.105 e. The van der Waals surface area contributed by atoms with Crippen LogP contribution in [0.4, 0.5) is 0 Å². The van der Waals surface area contributed by atoms with E-state index in [1.807, 2.05) is 19.2 Å². The SMILES string of the molecule is CNC(Cc1ccco1)c1csc(I)c1. The first kappa shape index (κ1) is 11.2. The number of rotatable bonds is 4. The molecule has 1 unspecified atom stereocenters. The van der Waals surface area contributed by atoms with Crippen LogP contribution in [0.15, 0.2) is 34.3 Å². The highest BCUT2D eigenvalue weighted by Gasteiger charge is 2.12. The summed E-state index contributed by atoms with van der Waals surface area (Å²) in [7, 11) is 1.98. The topological polar surface area (TPSA) is 25.2 Å². The van der Waals surface area contributed by atoms with Gasteiger partial charge in [-0.05, 0) is 58.8 Å². The molecule has 0 aliphatic carbocycles. The highest BCUT2D eigenvalue weighted by Crippen LogP contribution is 2.24. The molecule has 0 radical (unpaired) electrons. The van der Waals surface area contributed by atoms with Gasteiger partial charge in [-0.3, -0.25) is 0 Å². The van der Waals surface area contributed by atoms with Crippen molar-refractivity contribution >= 4 is 33.9 Å². The first-order chi connectivity index (χ1) is 7.29. The van der Waals surface area contributed by atoms with Crippen molar-refractivity contribution in [3.63, 3.8) is 0 Å². The second kappa shape index (κ2) is 5.14. The van der Waals surface area contributed by atoms with E-state index in [9.17, 15) is 0 Å². The van der Waals surface area contributed by atoms with Crippen LogP contribution in [0.3, 0.4) is 0 Å². The van der Waals surface area contributed by atoms with Crippen LogP contribution in [-0.4, -0.2) is 7.05 Å². The Hall–Kier alpha value is -0.330. The number of likely N-dealkylation sites (N-methyl/N-ethyl adjacent to an activating group) is 1. The van der Waals surface area contributed by atoms with Crippen molar-refractivity contribution in [2.45, 2.75) is 12.5 Å². The fraction of sp³-hybridized carbons (Fsp3) is 0.273. The van der Waals surface area contributed by atoms with Crippen LogP contribution >= 0.6 is 33.9 Å². The molecule has 0 saturated carbocycles. The van der Waals surface area contributed by atoms with Crippen LogP contribution in [0, 0.1) is 2.88 Å². The van der Waals surface area contributed by atoms with E-state index in [2.05, 4.69) is 39.4 Å². The van der Waals surface area contributed by atoms with Crippen LogP contribution in [0.1, 0.15) is 17.4 Å². The Morgan fingerprint density at radius 3 is 3.00 bits per heavy atom. The Kier molecular flexibility index (Phi) is 3.82. The molecule has 2 rings (SSSR count). The zero-order chi connectivity index (χ0) is 10.7. The van der Waals surface area contributed by atoms with Crippen molar-refractivity contribution in [2.24, 2.45) is 0 Å². The molecule has 2 heterocycles. The summed E-state index contributed by atoms with van der Waals surface area (Å²) in [6.07, 6.45) is 2.62. The van der Waals surface area contributed by atoms with Gasteiger partial charge in [0, 0.05) is 12.5 Å². The van der Waals surface area contributed by atoms with Crippen LogP contribution in [0.2, 0.25) is 0 Å². The molecule has 0 spiro atoms. The van der Waals surface area contributed by atoms with Gasteiger partial charge in [0.25, 0.3) is 0 Å². The molecule has 0 bridgehead atoms. The van der Waals surface area contributed by atoms with Gasteiger partial charge in [-0.2, -0.15) is 0 Å². The Morgan fingerprint density at radius 1 is 1.60 bits per heavy atom. The molecule has 2 aromatic rings. The largest absolute Gasteiger partial charge is 0.469 e. The zero-order valence-corrected chi connectivity index (χ0v) is 11.3. The molecular weight excluding hydrogens is 321 g/mol. The van der Waals surface area contributed by atoms with Crippen molar-refractivity contribution in [3.8, 4) is 0 Å². The number of nitrogens with one attached hydrogen (secondary N) is 1. The number of furan rings is 1. The number of halogens is 1. The van der Waals surface area contributed by atoms with E-state index in [4.69, 9.17) is 4.42 Å². The maximum atomic E-state index is 5.36. The molecular formula is C11H12INOS. The minimum atomic E-state index is 0.343. The Labute approximate surface area is 107 Å². The summed E-state index contributed by atoms with van der Waals surface area (Å²) in [6.45, 7) is 0. The number of hydrogen-bond acceptors (Lipinski definition) is 3. The van der Waals surface area contributed by atoms with Crippen molar-refractivity contribution in [1.82, 2.24) is 5.32 Å². The van der Waals surface area contributed by atoms with Crippen molar-refractivity contribution < 1.29 is 4.42 Å². The summed E-state index contributed by atoms with van der Waals surface area (Å²) < 4.78 is 6.68. The molecule has 2 aromatic heterocycles. The Morgan fingerprint density at radius 2 is 2.47 bits per heavy atom. The minimum Gasteiger partial charge on any atom is -0.469 e. The molecule has 0 aromatic carbocycles. The van der Waals surface area contributed by atoms with E-state index >= 15 is 0 Å². The standard InChI is InChI=1S/C11H12INOS/c1-13-10(6-9-3-2-4-14-9)8-5-11(12)15-7-8/h2-5,7,10,13H,6H2,1H3. The monoisotopic (exact) mass is 333 g/mol. The summed E-state index contributed by atoms with van der Waals surface area (Å²) >= 11 is 4.12. The van der Waals surface area contributed by atoms with Gasteiger partial charge >= 0.3 is 0 Å². The summed E-state index contributed by atoms with van der Waals surface area (Å²) in [4.78, 5) is 0. The lowest BCUT2D eigenvalue weighted by Gasteiger charge is -2.12. The van der Waals surface area contributed by atoms with Gasteiger partial charge < -0.3 is 9.73 Å². The average molecular weight is 333 g/mol. The molecule has 1 atom stereocenters. The molecule has 1 N–H and O–H groups in total. The predicted molar refractivity (Wildman–Crippen MR) is 71.2 cm³/mol. The second-order valence-electron chi connectivity index (χ2n) is 3.31. The lowest BCUT2D eigenvalue weighted by molar-refractivity contribution is 0.466. The van der Waals surface area contributed by atoms with Gasteiger partial charge in [-0.15, -0.1) is 11.3 Å². The first-order valence-corrected chi connectivity index (χ1v) is 6.69. The fourth-order valence-electron chi connectivity index (χ4n) is 1.52. The van der Waals surface area contributed by atoms with E-state index in [0.717, 1.165) is 12.2 Å². The van der Waals surface area contributed by atoms with Crippen LogP contribution in [0.5, 0.6) is 0 Å². The smallest absolute Gasteiger partial charge is 0.105 e. The highest BCUT2D eigenvalue weighted by atomic mass is 127. The summed E-state index contributed by atoms with van der Waals surface area (Å²) in [5.74, 6) is 1.02. The van der Waals surface area contributed by atoms with Crippen LogP contribution < -0.4 is 5.32 Å². The molecule has 0 aliphatic rings. The van der Waals surface area contributed by atoms with E-state index in [-0.39, 0.29) is 0 Å². The molecule has 0 amide bonds. The third-order valence-electron chi connectivity index (χ3n) is 2.32. The molecule has 2 nitrogen and oxygen atoms in total. The fourth-order valence-corrected chi connectivity index (χ4v) is 2.95. The Bertz CT molecular complexity index is 410. The lowest BCUT2D eigenvalue weighted by atomic mass is 10.1. The van der Waals surface area contributed by atoms with Crippen molar-refractivity contribution in [3.05, 3.63) is 44.0 Å².